The van der Waals surface area contributed by atoms with Crippen molar-refractivity contribution >= 4 is 0 Å². The monoisotopic (exact) mass is 530 g/mol. The molecule has 0 saturated heterocycles. The molecular formula is C36H34O4. The largest absolute Gasteiger partial charge is 0.508 e. The first kappa shape index (κ1) is 26.9. The van der Waals surface area contributed by atoms with E-state index < -0.39 is 5.41 Å². The van der Waals surface area contributed by atoms with Crippen LogP contribution in [0.2, 0.25) is 0 Å². The molecule has 0 spiro atoms. The van der Waals surface area contributed by atoms with E-state index in [-0.39, 0.29) is 23.0 Å². The molecule has 0 bridgehead atoms. The Morgan fingerprint density at radius 2 is 0.825 bits per heavy atom. The Kier molecular flexibility index (Phi) is 6.80. The van der Waals surface area contributed by atoms with Crippen molar-refractivity contribution in [2.45, 2.75) is 40.0 Å². The highest BCUT2D eigenvalue weighted by Crippen LogP contribution is 2.50. The first-order valence-electron chi connectivity index (χ1n) is 13.3. The van der Waals surface area contributed by atoms with Gasteiger partial charge in [-0.05, 0) is 121 Å². The van der Waals surface area contributed by atoms with Crippen LogP contribution < -0.4 is 0 Å². The van der Waals surface area contributed by atoms with E-state index in [2.05, 4.69) is 25.1 Å². The fourth-order valence-electron chi connectivity index (χ4n) is 5.68. The van der Waals surface area contributed by atoms with Gasteiger partial charge in [0.15, 0.2) is 0 Å². The number of aryl methyl sites for hydroxylation is 5. The molecule has 0 radical (unpaired) electrons. The van der Waals surface area contributed by atoms with E-state index >= 15 is 0 Å². The van der Waals surface area contributed by atoms with Gasteiger partial charge in [-0.2, -0.15) is 0 Å². The van der Waals surface area contributed by atoms with E-state index in [1.807, 2.05) is 76.2 Å². The molecule has 0 heterocycles. The third kappa shape index (κ3) is 4.46. The fourth-order valence-corrected chi connectivity index (χ4v) is 5.68. The molecule has 0 saturated carbocycles. The Labute approximate surface area is 235 Å². The molecule has 0 atom stereocenters. The quantitative estimate of drug-likeness (QED) is 0.173. The lowest BCUT2D eigenvalue weighted by Crippen LogP contribution is -2.32. The number of benzene rings is 5. The third-order valence-corrected chi connectivity index (χ3v) is 7.98. The van der Waals surface area contributed by atoms with Crippen LogP contribution in [0.5, 0.6) is 23.0 Å². The molecule has 0 amide bonds. The maximum absolute atomic E-state index is 10.5. The zero-order chi connectivity index (χ0) is 28.8. The second-order valence-electron chi connectivity index (χ2n) is 10.8. The number of phenols is 4. The van der Waals surface area contributed by atoms with Gasteiger partial charge in [-0.15, -0.1) is 0 Å². The molecule has 0 unspecified atom stereocenters. The highest BCUT2D eigenvalue weighted by atomic mass is 16.3. The average Bonchev–Trinajstić information content (AvgIpc) is 2.92. The van der Waals surface area contributed by atoms with E-state index in [1.165, 1.54) is 0 Å². The Morgan fingerprint density at radius 3 is 1.23 bits per heavy atom. The first-order chi connectivity index (χ1) is 19.0. The first-order valence-corrected chi connectivity index (χ1v) is 13.3. The van der Waals surface area contributed by atoms with Gasteiger partial charge in [0.25, 0.3) is 0 Å². The van der Waals surface area contributed by atoms with E-state index in [4.69, 9.17) is 0 Å². The Balaban J connectivity index is 2.02. The minimum atomic E-state index is -0.899. The number of phenolic OH excluding ortho intramolecular Hbond substituents is 4. The SMILES string of the molecule is Cc1ccc(C(c2ccc(O)c(C)c2)(c2ccc(O)c(C)c2)c2ccc(O)c(C)c2)c(-c2ccc(O)c(C)c2)c1. The van der Waals surface area contributed by atoms with Gasteiger partial charge in [0.2, 0.25) is 0 Å². The highest BCUT2D eigenvalue weighted by Gasteiger charge is 2.41. The van der Waals surface area contributed by atoms with Gasteiger partial charge in [-0.25, -0.2) is 0 Å². The molecule has 5 aromatic carbocycles. The molecule has 0 aliphatic carbocycles. The Morgan fingerprint density at radius 1 is 0.425 bits per heavy atom. The number of hydrogen-bond acceptors (Lipinski definition) is 4. The number of aromatic hydroxyl groups is 4. The van der Waals surface area contributed by atoms with E-state index in [1.54, 1.807) is 24.3 Å². The lowest BCUT2D eigenvalue weighted by atomic mass is 9.62. The molecule has 4 N–H and O–H groups in total. The van der Waals surface area contributed by atoms with Gasteiger partial charge < -0.3 is 20.4 Å². The molecule has 0 aromatic heterocycles. The predicted molar refractivity (Wildman–Crippen MR) is 161 cm³/mol. The standard InChI is InChI=1S/C36H34O4/c1-21-6-11-31(30(16-21)26-7-12-32(37)22(2)17-26)36(27-8-13-33(38)23(3)18-27,28-9-14-34(39)24(4)19-28)29-10-15-35(40)25(5)20-29/h6-20,37-40H,1-5H3. The number of hydrogen-bond donors (Lipinski definition) is 4. The molecule has 0 aliphatic rings. The van der Waals surface area contributed by atoms with Crippen LogP contribution in [0.25, 0.3) is 11.1 Å². The highest BCUT2D eigenvalue weighted by molar-refractivity contribution is 5.77. The summed E-state index contributed by atoms with van der Waals surface area (Å²) in [5.41, 5.74) is 8.90. The molecule has 5 rings (SSSR count). The third-order valence-electron chi connectivity index (χ3n) is 7.98. The second-order valence-corrected chi connectivity index (χ2v) is 10.8. The zero-order valence-corrected chi connectivity index (χ0v) is 23.4. The van der Waals surface area contributed by atoms with Gasteiger partial charge in [0, 0.05) is 0 Å². The predicted octanol–water partition coefficient (Wildman–Crippen LogP) is 8.10. The molecule has 202 valence electrons. The minimum absolute atomic E-state index is 0.208. The van der Waals surface area contributed by atoms with Crippen molar-refractivity contribution in [2.24, 2.45) is 0 Å². The lowest BCUT2D eigenvalue weighted by Gasteiger charge is -2.39. The average molecular weight is 531 g/mol. The van der Waals surface area contributed by atoms with Gasteiger partial charge >= 0.3 is 0 Å². The summed E-state index contributed by atoms with van der Waals surface area (Å²) in [6.07, 6.45) is 0. The van der Waals surface area contributed by atoms with Crippen LogP contribution in [0.15, 0.2) is 91.0 Å². The molecule has 0 aliphatic heterocycles. The van der Waals surface area contributed by atoms with Crippen molar-refractivity contribution in [3.05, 3.63) is 141 Å². The van der Waals surface area contributed by atoms with Crippen LogP contribution in [0.1, 0.15) is 50.1 Å². The smallest absolute Gasteiger partial charge is 0.118 e. The normalized spacial score (nSPS) is 11.5. The summed E-state index contributed by atoms with van der Waals surface area (Å²) >= 11 is 0. The summed E-state index contributed by atoms with van der Waals surface area (Å²) < 4.78 is 0. The molecule has 4 heteroatoms. The minimum Gasteiger partial charge on any atom is -0.508 e. The van der Waals surface area contributed by atoms with Gasteiger partial charge in [0.1, 0.15) is 23.0 Å². The Bertz CT molecular complexity index is 1620. The molecule has 40 heavy (non-hydrogen) atoms. The Hall–Kier alpha value is -4.70. The van der Waals surface area contributed by atoms with Gasteiger partial charge in [-0.1, -0.05) is 66.2 Å². The summed E-state index contributed by atoms with van der Waals surface area (Å²) in [6.45, 7) is 9.59. The summed E-state index contributed by atoms with van der Waals surface area (Å²) in [6, 6.07) is 29.0. The second kappa shape index (κ2) is 10.1. The maximum Gasteiger partial charge on any atom is 0.118 e. The molecule has 4 nitrogen and oxygen atoms in total. The molecule has 0 fully saturated rings. The topological polar surface area (TPSA) is 80.9 Å². The van der Waals surface area contributed by atoms with Crippen molar-refractivity contribution in [2.75, 3.05) is 0 Å². The van der Waals surface area contributed by atoms with Crippen molar-refractivity contribution in [3.63, 3.8) is 0 Å². The van der Waals surface area contributed by atoms with Crippen LogP contribution in [-0.2, 0) is 5.41 Å². The van der Waals surface area contributed by atoms with Crippen molar-refractivity contribution < 1.29 is 20.4 Å². The van der Waals surface area contributed by atoms with E-state index in [0.29, 0.717) is 0 Å². The lowest BCUT2D eigenvalue weighted by molar-refractivity contribution is 0.469. The zero-order valence-electron chi connectivity index (χ0n) is 23.4. The fraction of sp³-hybridized carbons (Fsp3) is 0.167. The van der Waals surface area contributed by atoms with Crippen LogP contribution in [0.3, 0.4) is 0 Å². The van der Waals surface area contributed by atoms with E-state index in [9.17, 15) is 20.4 Å². The van der Waals surface area contributed by atoms with Gasteiger partial charge in [0.05, 0.1) is 5.41 Å². The number of rotatable bonds is 5. The van der Waals surface area contributed by atoms with Crippen LogP contribution in [0.4, 0.5) is 0 Å². The summed E-state index contributed by atoms with van der Waals surface area (Å²) in [4.78, 5) is 0. The van der Waals surface area contributed by atoms with Gasteiger partial charge in [-0.3, -0.25) is 0 Å². The maximum atomic E-state index is 10.5. The van der Waals surface area contributed by atoms with Crippen molar-refractivity contribution in [3.8, 4) is 34.1 Å². The van der Waals surface area contributed by atoms with Crippen LogP contribution >= 0.6 is 0 Å². The van der Waals surface area contributed by atoms with Crippen molar-refractivity contribution in [1.29, 1.82) is 0 Å². The van der Waals surface area contributed by atoms with Crippen LogP contribution in [0, 0.1) is 34.6 Å². The summed E-state index contributed by atoms with van der Waals surface area (Å²) in [5.74, 6) is 0.862. The van der Waals surface area contributed by atoms with E-state index in [0.717, 1.165) is 61.2 Å². The van der Waals surface area contributed by atoms with Crippen molar-refractivity contribution in [1.82, 2.24) is 0 Å². The summed E-state index contributed by atoms with van der Waals surface area (Å²) in [7, 11) is 0. The molecular weight excluding hydrogens is 496 g/mol. The summed E-state index contributed by atoms with van der Waals surface area (Å²) in [5, 5.41) is 41.9. The molecule has 5 aromatic rings. The van der Waals surface area contributed by atoms with Crippen LogP contribution in [-0.4, -0.2) is 20.4 Å².